The average Bonchev–Trinajstić information content (AvgIpc) is 3.25. The van der Waals surface area contributed by atoms with E-state index in [-0.39, 0.29) is 9.49 Å². The lowest BCUT2D eigenvalue weighted by molar-refractivity contribution is 0.111. The topological polar surface area (TPSA) is 142 Å². The number of aldehydes is 1. The Morgan fingerprint density at radius 1 is 0.963 bits per heavy atom. The van der Waals surface area contributed by atoms with Crippen LogP contribution in [0.5, 0.6) is 0 Å². The van der Waals surface area contributed by atoms with Crippen molar-refractivity contribution in [1.82, 2.24) is 10.3 Å². The summed E-state index contributed by atoms with van der Waals surface area (Å²) in [6, 6.07) is 3.15. The average molecular weight is 419 g/mol. The predicted octanol–water partition coefficient (Wildman–Crippen LogP) is 2.45. The van der Waals surface area contributed by atoms with Crippen molar-refractivity contribution >= 4 is 34.5 Å². The molecular weight excluding hydrogens is 392 g/mol. The molecule has 0 spiro atoms. The maximum absolute atomic E-state index is 11.4. The molecule has 0 aliphatic carbocycles. The van der Waals surface area contributed by atoms with Crippen LogP contribution < -0.4 is 5.14 Å². The van der Waals surface area contributed by atoms with Gasteiger partial charge >= 0.3 is 0 Å². The molecule has 0 aliphatic rings. The summed E-state index contributed by atoms with van der Waals surface area (Å²) in [6.07, 6.45) is 4.87. The zero-order valence-corrected chi connectivity index (χ0v) is 17.9. The van der Waals surface area contributed by atoms with Crippen molar-refractivity contribution in [2.75, 3.05) is 0 Å². The van der Waals surface area contributed by atoms with E-state index >= 15 is 0 Å². The van der Waals surface area contributed by atoms with Crippen molar-refractivity contribution < 1.29 is 22.3 Å². The van der Waals surface area contributed by atoms with E-state index in [2.05, 4.69) is 23.8 Å². The fraction of sp³-hybridized carbons (Fsp3) is 0.500. The molecule has 0 aliphatic heterocycles. The second-order valence-electron chi connectivity index (χ2n) is 6.97. The summed E-state index contributed by atoms with van der Waals surface area (Å²) >= 11 is 0. The maximum atomic E-state index is 11.4. The van der Waals surface area contributed by atoms with E-state index in [0.29, 0.717) is 17.7 Å². The van der Waals surface area contributed by atoms with Crippen LogP contribution in [0.25, 0.3) is 0 Å². The molecular formula is C16H26N4O5S2. The van der Waals surface area contributed by atoms with Crippen LogP contribution in [0.2, 0.25) is 0 Å². The normalized spacial score (nSPS) is 13.7. The number of aromatic nitrogens is 2. The summed E-state index contributed by atoms with van der Waals surface area (Å²) in [5, 5.41) is 11.9. The van der Waals surface area contributed by atoms with E-state index in [0.717, 1.165) is 0 Å². The van der Waals surface area contributed by atoms with E-state index in [1.165, 1.54) is 24.8 Å². The van der Waals surface area contributed by atoms with Gasteiger partial charge in [0, 0.05) is 12.1 Å². The molecule has 152 valence electrons. The lowest BCUT2D eigenvalue weighted by atomic mass is 10.3. The number of carbonyl (C=O) groups is 1. The highest BCUT2D eigenvalue weighted by Gasteiger charge is 2.18. The number of rotatable bonds is 3. The molecule has 0 amide bonds. The molecule has 11 heteroatoms. The van der Waals surface area contributed by atoms with E-state index in [1.54, 1.807) is 6.07 Å². The SMILES string of the molecule is CC(C)(C)S(=O)N=Cc1ccon1.CC(C)(C)S(N)=O.O=Cc1ccon1. The number of hydrogen-bond donors (Lipinski definition) is 1. The lowest BCUT2D eigenvalue weighted by Gasteiger charge is -2.12. The van der Waals surface area contributed by atoms with Crippen LogP contribution in [0.4, 0.5) is 0 Å². The first-order valence-corrected chi connectivity index (χ1v) is 10.1. The second kappa shape index (κ2) is 11.7. The predicted molar refractivity (Wildman–Crippen MR) is 106 cm³/mol. The summed E-state index contributed by atoms with van der Waals surface area (Å²) < 4.78 is 34.0. The number of nitrogens with zero attached hydrogens (tertiary/aromatic N) is 3. The molecule has 2 atom stereocenters. The number of hydrogen-bond acceptors (Lipinski definition) is 7. The minimum Gasteiger partial charge on any atom is -0.364 e. The van der Waals surface area contributed by atoms with Crippen LogP contribution in [0.15, 0.2) is 38.1 Å². The van der Waals surface area contributed by atoms with Crippen molar-refractivity contribution in [3.05, 3.63) is 36.0 Å². The Hall–Kier alpha value is -1.98. The summed E-state index contributed by atoms with van der Waals surface area (Å²) in [7, 11) is -2.42. The standard InChI is InChI=1S/C8H12N2O2S.C4H3NO2.C4H11NOS/c1-8(2,3)13(11)9-6-7-4-5-12-10-7;6-3-4-1-2-7-5-4;1-4(2,3)7(5)6/h4-6H,1-3H3;1-3H;5H2,1-3H3. The Balaban J connectivity index is 0.000000410. The van der Waals surface area contributed by atoms with Gasteiger partial charge < -0.3 is 9.05 Å². The third-order valence-electron chi connectivity index (χ3n) is 2.44. The molecule has 0 bridgehead atoms. The minimum atomic E-state index is -1.23. The van der Waals surface area contributed by atoms with Crippen LogP contribution in [0.1, 0.15) is 57.7 Å². The van der Waals surface area contributed by atoms with Gasteiger partial charge in [-0.05, 0) is 41.5 Å². The van der Waals surface area contributed by atoms with Crippen LogP contribution in [-0.2, 0) is 22.0 Å². The second-order valence-corrected chi connectivity index (χ2v) is 10.7. The van der Waals surface area contributed by atoms with Gasteiger partial charge in [0.2, 0.25) is 0 Å². The smallest absolute Gasteiger partial charge is 0.171 e. The van der Waals surface area contributed by atoms with Gasteiger partial charge in [0.05, 0.1) is 26.7 Å². The molecule has 2 N–H and O–H groups in total. The van der Waals surface area contributed by atoms with E-state index in [4.69, 9.17) is 5.14 Å². The fourth-order valence-corrected chi connectivity index (χ4v) is 1.35. The molecule has 2 aromatic rings. The monoisotopic (exact) mass is 418 g/mol. The first-order valence-electron chi connectivity index (χ1n) is 7.76. The zero-order chi connectivity index (χ0) is 21.1. The zero-order valence-electron chi connectivity index (χ0n) is 16.2. The van der Waals surface area contributed by atoms with Crippen molar-refractivity contribution in [3.63, 3.8) is 0 Å². The Morgan fingerprint density at radius 2 is 1.41 bits per heavy atom. The Kier molecular flexibility index (Phi) is 10.8. The molecule has 2 rings (SSSR count). The van der Waals surface area contributed by atoms with Crippen LogP contribution in [0.3, 0.4) is 0 Å². The highest BCUT2D eigenvalue weighted by Crippen LogP contribution is 2.11. The van der Waals surface area contributed by atoms with Gasteiger partial charge in [-0.3, -0.25) is 9.93 Å². The molecule has 0 aromatic carbocycles. The summed E-state index contributed by atoms with van der Waals surface area (Å²) in [6.45, 7) is 11.1. The van der Waals surface area contributed by atoms with E-state index in [1.807, 2.05) is 41.5 Å². The lowest BCUT2D eigenvalue weighted by Crippen LogP contribution is -2.27. The third kappa shape index (κ3) is 12.1. The molecule has 2 unspecified atom stereocenters. The molecule has 2 aromatic heterocycles. The first-order chi connectivity index (χ1) is 12.4. The minimum absolute atomic E-state index is 0.250. The number of carbonyl (C=O) groups excluding carboxylic acids is 1. The van der Waals surface area contributed by atoms with Gasteiger partial charge in [-0.25, -0.2) is 8.42 Å². The largest absolute Gasteiger partial charge is 0.364 e. The molecule has 0 radical (unpaired) electrons. The molecule has 27 heavy (non-hydrogen) atoms. The molecule has 0 fully saturated rings. The van der Waals surface area contributed by atoms with Crippen LogP contribution >= 0.6 is 0 Å². The van der Waals surface area contributed by atoms with Crippen LogP contribution in [0, 0.1) is 0 Å². The van der Waals surface area contributed by atoms with Crippen molar-refractivity contribution in [1.29, 1.82) is 0 Å². The Morgan fingerprint density at radius 3 is 1.67 bits per heavy atom. The Bertz CT molecular complexity index is 730. The molecule has 9 nitrogen and oxygen atoms in total. The van der Waals surface area contributed by atoms with Crippen LogP contribution in [-0.4, -0.2) is 40.7 Å². The highest BCUT2D eigenvalue weighted by atomic mass is 32.2. The van der Waals surface area contributed by atoms with Gasteiger partial charge in [-0.1, -0.05) is 10.3 Å². The molecule has 0 saturated heterocycles. The van der Waals surface area contributed by atoms with E-state index < -0.39 is 22.0 Å². The third-order valence-corrected chi connectivity index (χ3v) is 5.00. The summed E-state index contributed by atoms with van der Waals surface area (Å²) in [4.78, 5) is 9.75. The molecule has 2 heterocycles. The highest BCUT2D eigenvalue weighted by molar-refractivity contribution is 7.85. The van der Waals surface area contributed by atoms with Gasteiger partial charge in [-0.15, -0.1) is 0 Å². The van der Waals surface area contributed by atoms with Crippen molar-refractivity contribution in [3.8, 4) is 0 Å². The number of nitrogens with two attached hydrogens (primary N) is 1. The van der Waals surface area contributed by atoms with Gasteiger partial charge in [0.15, 0.2) is 6.29 Å². The molecule has 0 saturated carbocycles. The summed E-state index contributed by atoms with van der Waals surface area (Å²) in [5.41, 5.74) is 0.914. The summed E-state index contributed by atoms with van der Waals surface area (Å²) in [5.74, 6) is 0. The quantitative estimate of drug-likeness (QED) is 0.596. The fourth-order valence-electron chi connectivity index (χ4n) is 0.831. The Labute approximate surface area is 163 Å². The maximum Gasteiger partial charge on any atom is 0.171 e. The van der Waals surface area contributed by atoms with Gasteiger partial charge in [0.1, 0.15) is 34.9 Å². The van der Waals surface area contributed by atoms with Crippen molar-refractivity contribution in [2.45, 2.75) is 51.0 Å². The van der Waals surface area contributed by atoms with Gasteiger partial charge in [-0.2, -0.15) is 4.40 Å². The van der Waals surface area contributed by atoms with Gasteiger partial charge in [0.25, 0.3) is 0 Å². The van der Waals surface area contributed by atoms with E-state index in [9.17, 15) is 13.2 Å². The first kappa shape index (κ1) is 25.0. The van der Waals surface area contributed by atoms with Crippen molar-refractivity contribution in [2.24, 2.45) is 9.54 Å².